The van der Waals surface area contributed by atoms with Crippen molar-refractivity contribution in [3.05, 3.63) is 44.7 Å². The lowest BCUT2D eigenvalue weighted by Gasteiger charge is -2.24. The molecule has 0 bridgehead atoms. The number of carbonyl (C=O) groups is 1. The largest absolute Gasteiger partial charge is 0.356 e. The van der Waals surface area contributed by atoms with E-state index >= 15 is 0 Å². The van der Waals surface area contributed by atoms with E-state index in [1.54, 1.807) is 18.3 Å². The predicted octanol–water partition coefficient (Wildman–Crippen LogP) is 2.77. The van der Waals surface area contributed by atoms with E-state index in [0.717, 1.165) is 56.1 Å². The second-order valence-corrected chi connectivity index (χ2v) is 13.0. The molecule has 3 fully saturated rings. The molecule has 1 atom stereocenters. The first-order chi connectivity index (χ1) is 16.2. The molecule has 2 aromatic rings. The van der Waals surface area contributed by atoms with Crippen LogP contribution in [0.15, 0.2) is 28.0 Å². The zero-order valence-electron chi connectivity index (χ0n) is 18.9. The third-order valence-electron chi connectivity index (χ3n) is 6.64. The smallest absolute Gasteiger partial charge is 0.267 e. The maximum absolute atomic E-state index is 13.6. The van der Waals surface area contributed by atoms with Crippen molar-refractivity contribution in [3.8, 4) is 0 Å². The number of aromatic nitrogens is 2. The van der Waals surface area contributed by atoms with E-state index in [1.807, 2.05) is 13.0 Å². The molecule has 3 aliphatic rings. The van der Waals surface area contributed by atoms with Crippen LogP contribution >= 0.6 is 24.0 Å². The maximum atomic E-state index is 13.6. The number of carbonyl (C=O) groups excluding carboxylic acids is 1. The van der Waals surface area contributed by atoms with Gasteiger partial charge in [-0.2, -0.15) is 0 Å². The lowest BCUT2D eigenvalue weighted by Crippen LogP contribution is -2.39. The number of rotatable bonds is 3. The number of hydrogen-bond acceptors (Lipinski definition) is 8. The van der Waals surface area contributed by atoms with Crippen LogP contribution in [-0.4, -0.2) is 63.6 Å². The number of aryl methyl sites for hydroxylation is 1. The molecule has 0 spiro atoms. The van der Waals surface area contributed by atoms with Gasteiger partial charge < -0.3 is 4.90 Å². The summed E-state index contributed by atoms with van der Waals surface area (Å²) < 4.78 is 25.8. The van der Waals surface area contributed by atoms with Crippen molar-refractivity contribution in [2.75, 3.05) is 29.5 Å². The molecule has 5 rings (SSSR count). The van der Waals surface area contributed by atoms with E-state index in [0.29, 0.717) is 32.7 Å². The zero-order chi connectivity index (χ0) is 24.0. The highest BCUT2D eigenvalue weighted by Gasteiger charge is 2.42. The molecule has 0 radical (unpaired) electrons. The number of thiocarbonyl (C=S) groups is 1. The monoisotopic (exact) mass is 518 g/mol. The summed E-state index contributed by atoms with van der Waals surface area (Å²) in [6.07, 6.45) is 7.99. The first kappa shape index (κ1) is 23.5. The van der Waals surface area contributed by atoms with Gasteiger partial charge in [-0.1, -0.05) is 42.9 Å². The van der Waals surface area contributed by atoms with Crippen LogP contribution in [0.1, 0.15) is 43.2 Å². The van der Waals surface area contributed by atoms with Crippen LogP contribution in [0, 0.1) is 6.92 Å². The van der Waals surface area contributed by atoms with Crippen LogP contribution < -0.4 is 10.5 Å². The summed E-state index contributed by atoms with van der Waals surface area (Å²) >= 11 is 6.57. The Morgan fingerprint density at radius 3 is 2.59 bits per heavy atom. The summed E-state index contributed by atoms with van der Waals surface area (Å²) in [5.74, 6) is 0.232. The molecular formula is C23H26N4O4S3. The van der Waals surface area contributed by atoms with Crippen molar-refractivity contribution < 1.29 is 13.2 Å². The number of hydrogen-bond donors (Lipinski definition) is 0. The third-order valence-corrected chi connectivity index (χ3v) is 9.72. The zero-order valence-corrected chi connectivity index (χ0v) is 21.3. The molecule has 3 saturated heterocycles. The van der Waals surface area contributed by atoms with Crippen LogP contribution in [0.4, 0.5) is 5.82 Å². The van der Waals surface area contributed by atoms with Crippen molar-refractivity contribution >= 4 is 61.6 Å². The van der Waals surface area contributed by atoms with Gasteiger partial charge in [-0.05, 0) is 43.9 Å². The van der Waals surface area contributed by atoms with Gasteiger partial charge in [0.2, 0.25) is 0 Å². The Morgan fingerprint density at radius 2 is 1.91 bits per heavy atom. The lowest BCUT2D eigenvalue weighted by molar-refractivity contribution is -0.123. The van der Waals surface area contributed by atoms with Crippen LogP contribution in [0.25, 0.3) is 11.7 Å². The highest BCUT2D eigenvalue weighted by atomic mass is 32.2. The molecule has 0 saturated carbocycles. The van der Waals surface area contributed by atoms with Crippen LogP contribution in [0.2, 0.25) is 0 Å². The predicted molar refractivity (Wildman–Crippen MR) is 139 cm³/mol. The van der Waals surface area contributed by atoms with Crippen molar-refractivity contribution in [1.29, 1.82) is 0 Å². The van der Waals surface area contributed by atoms with Gasteiger partial charge in [0.05, 0.1) is 28.0 Å². The van der Waals surface area contributed by atoms with Gasteiger partial charge >= 0.3 is 0 Å². The molecule has 0 N–H and O–H groups in total. The normalized spacial score (nSPS) is 24.4. The fourth-order valence-electron chi connectivity index (χ4n) is 4.86. The molecule has 8 nitrogen and oxygen atoms in total. The van der Waals surface area contributed by atoms with E-state index in [4.69, 9.17) is 17.2 Å². The van der Waals surface area contributed by atoms with E-state index in [-0.39, 0.29) is 23.0 Å². The molecule has 1 unspecified atom stereocenters. The Balaban J connectivity index is 1.61. The maximum Gasteiger partial charge on any atom is 0.267 e. The van der Waals surface area contributed by atoms with Gasteiger partial charge in [0, 0.05) is 19.3 Å². The standard InChI is InChI=1S/C23H26N4O4S3/c1-15-7-6-11-26-19(15)24-20(25-9-4-2-3-5-10-25)17(21(26)28)13-18-22(29)27(23(32)33-18)16-8-12-34(30,31)14-16/h6-7,11,13,16H,2-5,8-10,12,14H2,1H3/b18-13+. The second-order valence-electron chi connectivity index (χ2n) is 9.05. The number of thioether (sulfide) groups is 1. The Hall–Kier alpha value is -2.24. The third kappa shape index (κ3) is 4.29. The fraction of sp³-hybridized carbons (Fsp3) is 0.478. The topological polar surface area (TPSA) is 92.1 Å². The highest BCUT2D eigenvalue weighted by Crippen LogP contribution is 2.37. The molecule has 34 heavy (non-hydrogen) atoms. The molecule has 5 heterocycles. The Bertz CT molecular complexity index is 1370. The van der Waals surface area contributed by atoms with Crippen LogP contribution in [-0.2, 0) is 14.6 Å². The summed E-state index contributed by atoms with van der Waals surface area (Å²) in [4.78, 5) is 35.7. The minimum Gasteiger partial charge on any atom is -0.356 e. The summed E-state index contributed by atoms with van der Waals surface area (Å²) in [5.41, 5.74) is 1.63. The van der Waals surface area contributed by atoms with Crippen LogP contribution in [0.3, 0.4) is 0 Å². The van der Waals surface area contributed by atoms with Crippen molar-refractivity contribution in [2.45, 2.75) is 45.1 Å². The number of pyridine rings is 1. The van der Waals surface area contributed by atoms with E-state index in [2.05, 4.69) is 4.90 Å². The van der Waals surface area contributed by atoms with Gasteiger partial charge in [0.25, 0.3) is 11.5 Å². The summed E-state index contributed by atoms with van der Waals surface area (Å²) in [5, 5.41) is 0. The van der Waals surface area contributed by atoms with E-state index < -0.39 is 15.9 Å². The van der Waals surface area contributed by atoms with Gasteiger partial charge in [-0.3, -0.25) is 18.9 Å². The van der Waals surface area contributed by atoms with Crippen molar-refractivity contribution in [1.82, 2.24) is 14.3 Å². The average Bonchev–Trinajstić information content (AvgIpc) is 3.13. The van der Waals surface area contributed by atoms with Crippen molar-refractivity contribution in [2.24, 2.45) is 0 Å². The Kier molecular flexibility index (Phi) is 6.28. The molecule has 2 aromatic heterocycles. The first-order valence-corrected chi connectivity index (χ1v) is 14.5. The van der Waals surface area contributed by atoms with Gasteiger partial charge in [-0.15, -0.1) is 0 Å². The average molecular weight is 519 g/mol. The quantitative estimate of drug-likeness (QED) is 0.453. The van der Waals surface area contributed by atoms with Gasteiger partial charge in [0.15, 0.2) is 9.84 Å². The Morgan fingerprint density at radius 1 is 1.18 bits per heavy atom. The van der Waals surface area contributed by atoms with E-state index in [9.17, 15) is 18.0 Å². The van der Waals surface area contributed by atoms with Gasteiger partial charge in [-0.25, -0.2) is 13.4 Å². The number of sulfone groups is 1. The first-order valence-electron chi connectivity index (χ1n) is 11.5. The minimum absolute atomic E-state index is 0.0577. The summed E-state index contributed by atoms with van der Waals surface area (Å²) in [7, 11) is -3.17. The molecule has 180 valence electrons. The van der Waals surface area contributed by atoms with E-state index in [1.165, 1.54) is 9.30 Å². The summed E-state index contributed by atoms with van der Waals surface area (Å²) in [6.45, 7) is 3.53. The van der Waals surface area contributed by atoms with Crippen LogP contribution in [0.5, 0.6) is 0 Å². The lowest BCUT2D eigenvalue weighted by atomic mass is 10.2. The second kappa shape index (κ2) is 9.09. The number of fused-ring (bicyclic) bond motifs is 1. The molecule has 11 heteroatoms. The molecule has 1 amide bonds. The SMILES string of the molecule is Cc1cccn2c(=O)c(/C=C3/SC(=S)N(C4CCS(=O)(=O)C4)C3=O)c(N3CCCCCC3)nc12. The number of anilines is 1. The fourth-order valence-corrected chi connectivity index (χ4v) is 7.94. The number of nitrogens with zero attached hydrogens (tertiary/aromatic N) is 4. The highest BCUT2D eigenvalue weighted by molar-refractivity contribution is 8.26. The minimum atomic E-state index is -3.17. The Labute approximate surface area is 207 Å². The molecular weight excluding hydrogens is 492 g/mol. The van der Waals surface area contributed by atoms with Gasteiger partial charge in [0.1, 0.15) is 15.8 Å². The molecule has 0 aliphatic carbocycles. The molecule has 0 aromatic carbocycles. The molecule has 3 aliphatic heterocycles. The summed E-state index contributed by atoms with van der Waals surface area (Å²) in [6, 6.07) is 3.28. The van der Waals surface area contributed by atoms with Crippen molar-refractivity contribution in [3.63, 3.8) is 0 Å². The number of amides is 1.